The second kappa shape index (κ2) is 4.84. The van der Waals surface area contributed by atoms with Crippen LogP contribution in [0.1, 0.15) is 0 Å². The number of hydrogen-bond acceptors (Lipinski definition) is 3. The molecule has 1 amide bonds. The van der Waals surface area contributed by atoms with Crippen molar-refractivity contribution in [3.8, 4) is 0 Å². The van der Waals surface area contributed by atoms with Gasteiger partial charge in [-0.2, -0.15) is 0 Å². The van der Waals surface area contributed by atoms with Gasteiger partial charge in [-0.25, -0.2) is 0 Å². The molecule has 1 aromatic carbocycles. The first kappa shape index (κ1) is 11.4. The van der Waals surface area contributed by atoms with Crippen molar-refractivity contribution in [3.05, 3.63) is 28.7 Å². The number of piperazine rings is 1. The highest BCUT2D eigenvalue weighted by atomic mass is 79.9. The van der Waals surface area contributed by atoms with Crippen LogP contribution in [-0.2, 0) is 4.79 Å². The number of nitrogens with zero attached hydrogens (tertiary/aromatic N) is 1. The van der Waals surface area contributed by atoms with E-state index in [1.807, 2.05) is 29.2 Å². The maximum absolute atomic E-state index is 11.5. The molecule has 86 valence electrons. The Morgan fingerprint density at radius 3 is 2.75 bits per heavy atom. The fraction of sp³-hybridized carbons (Fsp3) is 0.364. The molecule has 1 aliphatic rings. The van der Waals surface area contributed by atoms with E-state index < -0.39 is 0 Å². The van der Waals surface area contributed by atoms with Crippen LogP contribution in [0.15, 0.2) is 28.7 Å². The van der Waals surface area contributed by atoms with Crippen molar-refractivity contribution in [1.82, 2.24) is 5.32 Å². The van der Waals surface area contributed by atoms with Gasteiger partial charge in [0.25, 0.3) is 0 Å². The van der Waals surface area contributed by atoms with E-state index >= 15 is 0 Å². The molecule has 16 heavy (non-hydrogen) atoms. The summed E-state index contributed by atoms with van der Waals surface area (Å²) in [6.45, 7) is 1.64. The van der Waals surface area contributed by atoms with Crippen LogP contribution in [-0.4, -0.2) is 31.6 Å². The molecular formula is C11H14BrN3O. The topological polar surface area (TPSA) is 58.4 Å². The van der Waals surface area contributed by atoms with Gasteiger partial charge in [-0.15, -0.1) is 0 Å². The molecule has 0 spiro atoms. The highest BCUT2D eigenvalue weighted by Crippen LogP contribution is 2.19. The number of halogens is 1. The Morgan fingerprint density at radius 2 is 2.12 bits per heavy atom. The maximum atomic E-state index is 11.5. The lowest BCUT2D eigenvalue weighted by Gasteiger charge is -2.34. The molecule has 0 saturated carbocycles. The Hall–Kier alpha value is -1.07. The lowest BCUT2D eigenvalue weighted by atomic mass is 10.2. The van der Waals surface area contributed by atoms with Crippen LogP contribution >= 0.6 is 15.9 Å². The molecule has 1 aromatic rings. The third-order valence-corrected chi connectivity index (χ3v) is 3.15. The van der Waals surface area contributed by atoms with E-state index in [0.29, 0.717) is 13.1 Å². The van der Waals surface area contributed by atoms with E-state index in [4.69, 9.17) is 5.73 Å². The Morgan fingerprint density at radius 1 is 1.44 bits per heavy atom. The molecule has 1 saturated heterocycles. The van der Waals surface area contributed by atoms with Crippen molar-refractivity contribution in [2.24, 2.45) is 5.73 Å². The monoisotopic (exact) mass is 283 g/mol. The van der Waals surface area contributed by atoms with Crippen LogP contribution in [0.2, 0.25) is 0 Å². The molecule has 3 N–H and O–H groups in total. The van der Waals surface area contributed by atoms with Gasteiger partial charge in [0.15, 0.2) is 0 Å². The molecule has 5 heteroatoms. The molecule has 1 atom stereocenters. The Balaban J connectivity index is 2.14. The molecule has 0 aliphatic carbocycles. The van der Waals surface area contributed by atoms with E-state index in [-0.39, 0.29) is 11.9 Å². The first-order chi connectivity index (χ1) is 7.69. The number of amides is 1. The van der Waals surface area contributed by atoms with Gasteiger partial charge in [0.1, 0.15) is 0 Å². The summed E-state index contributed by atoms with van der Waals surface area (Å²) in [5.74, 6) is 0.0321. The van der Waals surface area contributed by atoms with E-state index in [2.05, 4.69) is 21.2 Å². The fourth-order valence-corrected chi connectivity index (χ4v) is 2.07. The van der Waals surface area contributed by atoms with E-state index in [1.54, 1.807) is 0 Å². The van der Waals surface area contributed by atoms with Crippen LogP contribution in [0, 0.1) is 0 Å². The number of nitrogens with one attached hydrogen (secondary N) is 1. The van der Waals surface area contributed by atoms with E-state index in [9.17, 15) is 4.79 Å². The zero-order valence-corrected chi connectivity index (χ0v) is 10.4. The minimum atomic E-state index is 0.0321. The van der Waals surface area contributed by atoms with Crippen molar-refractivity contribution in [2.45, 2.75) is 6.04 Å². The minimum absolute atomic E-state index is 0.0321. The number of carbonyl (C=O) groups excluding carboxylic acids is 1. The molecule has 1 unspecified atom stereocenters. The average molecular weight is 284 g/mol. The quantitative estimate of drug-likeness (QED) is 0.841. The number of hydrogen-bond donors (Lipinski definition) is 2. The van der Waals surface area contributed by atoms with E-state index in [0.717, 1.165) is 16.7 Å². The maximum Gasteiger partial charge on any atom is 0.239 e. The normalized spacial score (nSPS) is 20.8. The van der Waals surface area contributed by atoms with Crippen LogP contribution in [0.5, 0.6) is 0 Å². The summed E-state index contributed by atoms with van der Waals surface area (Å²) in [5.41, 5.74) is 6.63. The fourth-order valence-electron chi connectivity index (χ4n) is 1.80. The SMILES string of the molecule is NCC1CN(c2ccc(Br)cc2)CC(=O)N1. The number of benzene rings is 1. The molecule has 0 aromatic heterocycles. The lowest BCUT2D eigenvalue weighted by Crippen LogP contribution is -2.56. The van der Waals surface area contributed by atoms with Crippen LogP contribution in [0.4, 0.5) is 5.69 Å². The second-order valence-electron chi connectivity index (χ2n) is 3.86. The Kier molecular flexibility index (Phi) is 3.46. The van der Waals surface area contributed by atoms with Gasteiger partial charge >= 0.3 is 0 Å². The first-order valence-electron chi connectivity index (χ1n) is 5.19. The number of anilines is 1. The van der Waals surface area contributed by atoms with Gasteiger partial charge in [0, 0.05) is 23.2 Å². The largest absolute Gasteiger partial charge is 0.360 e. The summed E-state index contributed by atoms with van der Waals surface area (Å²) >= 11 is 3.39. The predicted octanol–water partition coefficient (Wildman–Crippen LogP) is 0.713. The molecule has 1 aliphatic heterocycles. The Bertz CT molecular complexity index is 379. The van der Waals surface area contributed by atoms with E-state index in [1.165, 1.54) is 0 Å². The second-order valence-corrected chi connectivity index (χ2v) is 4.77. The zero-order valence-electron chi connectivity index (χ0n) is 8.82. The van der Waals surface area contributed by atoms with Crippen molar-refractivity contribution in [3.63, 3.8) is 0 Å². The summed E-state index contributed by atoms with van der Waals surface area (Å²) in [6, 6.07) is 7.98. The summed E-state index contributed by atoms with van der Waals surface area (Å²) in [4.78, 5) is 13.5. The van der Waals surface area contributed by atoms with Gasteiger partial charge in [-0.3, -0.25) is 4.79 Å². The van der Waals surface area contributed by atoms with Crippen LogP contribution in [0.3, 0.4) is 0 Å². The summed E-state index contributed by atoms with van der Waals surface area (Å²) in [6.07, 6.45) is 0. The third kappa shape index (κ3) is 2.54. The number of rotatable bonds is 2. The first-order valence-corrected chi connectivity index (χ1v) is 5.98. The lowest BCUT2D eigenvalue weighted by molar-refractivity contribution is -0.121. The van der Waals surface area contributed by atoms with Crippen molar-refractivity contribution in [2.75, 3.05) is 24.5 Å². The molecule has 0 bridgehead atoms. The van der Waals surface area contributed by atoms with Gasteiger partial charge in [-0.1, -0.05) is 15.9 Å². The molecule has 1 fully saturated rings. The molecule has 2 rings (SSSR count). The summed E-state index contributed by atoms with van der Waals surface area (Å²) in [7, 11) is 0. The molecular weight excluding hydrogens is 270 g/mol. The predicted molar refractivity (Wildman–Crippen MR) is 67.3 cm³/mol. The van der Waals surface area contributed by atoms with Crippen LogP contribution in [0.25, 0.3) is 0 Å². The molecule has 0 radical (unpaired) electrons. The molecule has 4 nitrogen and oxygen atoms in total. The highest BCUT2D eigenvalue weighted by Gasteiger charge is 2.23. The summed E-state index contributed by atoms with van der Waals surface area (Å²) in [5, 5.41) is 2.86. The third-order valence-electron chi connectivity index (χ3n) is 2.62. The van der Waals surface area contributed by atoms with Gasteiger partial charge < -0.3 is 16.0 Å². The smallest absolute Gasteiger partial charge is 0.239 e. The highest BCUT2D eigenvalue weighted by molar-refractivity contribution is 9.10. The van der Waals surface area contributed by atoms with Crippen molar-refractivity contribution < 1.29 is 4.79 Å². The average Bonchev–Trinajstić information content (AvgIpc) is 2.29. The van der Waals surface area contributed by atoms with Gasteiger partial charge in [0.2, 0.25) is 5.91 Å². The van der Waals surface area contributed by atoms with Gasteiger partial charge in [-0.05, 0) is 24.3 Å². The standard InChI is InChI=1S/C11H14BrN3O/c12-8-1-3-10(4-2-8)15-6-9(5-13)14-11(16)7-15/h1-4,9H,5-7,13H2,(H,14,16). The zero-order chi connectivity index (χ0) is 11.5. The van der Waals surface area contributed by atoms with Crippen molar-refractivity contribution >= 4 is 27.5 Å². The van der Waals surface area contributed by atoms with Crippen LogP contribution < -0.4 is 16.0 Å². The Labute approximate surface area is 103 Å². The minimum Gasteiger partial charge on any atom is -0.360 e. The molecule has 1 heterocycles. The summed E-state index contributed by atoms with van der Waals surface area (Å²) < 4.78 is 1.04. The number of nitrogens with two attached hydrogens (primary N) is 1. The number of carbonyl (C=O) groups is 1. The van der Waals surface area contributed by atoms with Crippen molar-refractivity contribution in [1.29, 1.82) is 0 Å². The van der Waals surface area contributed by atoms with Gasteiger partial charge in [0.05, 0.1) is 12.6 Å².